The van der Waals surface area contributed by atoms with Crippen molar-refractivity contribution in [1.29, 1.82) is 0 Å². The Kier molecular flexibility index (Phi) is 4.80. The third-order valence-electron chi connectivity index (χ3n) is 2.76. The fourth-order valence-corrected chi connectivity index (χ4v) is 1.76. The van der Waals surface area contributed by atoms with Crippen LogP contribution in [-0.4, -0.2) is 16.8 Å². The Morgan fingerprint density at radius 1 is 1.00 bits per heavy atom. The fraction of sp³-hybridized carbons (Fsp3) is 0.200. The van der Waals surface area contributed by atoms with Crippen LogP contribution in [0.2, 0.25) is 5.02 Å². The molecule has 0 amide bonds. The van der Waals surface area contributed by atoms with Crippen LogP contribution in [0.15, 0.2) is 48.5 Å². The number of aliphatic hydroxyl groups excluding tert-OH is 2. The molecule has 2 rings (SSSR count). The lowest BCUT2D eigenvalue weighted by molar-refractivity contribution is 0.0955. The van der Waals surface area contributed by atoms with Gasteiger partial charge in [0.05, 0.1) is 6.61 Å². The van der Waals surface area contributed by atoms with Crippen LogP contribution >= 0.6 is 11.6 Å². The van der Waals surface area contributed by atoms with Gasteiger partial charge in [0.25, 0.3) is 0 Å². The Bertz CT molecular complexity index is 508. The largest absolute Gasteiger partial charge is 0.489 e. The first-order valence-electron chi connectivity index (χ1n) is 5.95. The first kappa shape index (κ1) is 13.9. The number of hydrogen-bond donors (Lipinski definition) is 2. The maximum atomic E-state index is 9.45. The van der Waals surface area contributed by atoms with E-state index in [0.717, 1.165) is 5.56 Å². The van der Waals surface area contributed by atoms with Gasteiger partial charge in [0.2, 0.25) is 0 Å². The lowest BCUT2D eigenvalue weighted by Gasteiger charge is -2.10. The van der Waals surface area contributed by atoms with Gasteiger partial charge >= 0.3 is 0 Å². The van der Waals surface area contributed by atoms with E-state index in [2.05, 4.69) is 0 Å². The molecule has 0 saturated carbocycles. The third-order valence-corrected chi connectivity index (χ3v) is 3.01. The van der Waals surface area contributed by atoms with Crippen molar-refractivity contribution in [1.82, 2.24) is 0 Å². The molecule has 0 fully saturated rings. The molecule has 100 valence electrons. The highest BCUT2D eigenvalue weighted by Gasteiger charge is 2.05. The molecule has 1 unspecified atom stereocenters. The van der Waals surface area contributed by atoms with Crippen molar-refractivity contribution >= 4 is 11.6 Å². The summed E-state index contributed by atoms with van der Waals surface area (Å²) in [5.74, 6) is 0.712. The molecule has 0 bridgehead atoms. The zero-order valence-electron chi connectivity index (χ0n) is 10.3. The molecule has 2 aromatic rings. The molecule has 1 atom stereocenters. The molecular formula is C15H15ClO3. The fourth-order valence-electron chi connectivity index (χ4n) is 1.64. The van der Waals surface area contributed by atoms with E-state index >= 15 is 0 Å². The highest BCUT2D eigenvalue weighted by molar-refractivity contribution is 6.30. The first-order chi connectivity index (χ1) is 9.19. The van der Waals surface area contributed by atoms with E-state index in [0.29, 0.717) is 22.9 Å². The van der Waals surface area contributed by atoms with E-state index in [1.54, 1.807) is 24.3 Å². The maximum Gasteiger partial charge on any atom is 0.119 e. The molecule has 19 heavy (non-hydrogen) atoms. The summed E-state index contributed by atoms with van der Waals surface area (Å²) in [6, 6.07) is 14.5. The van der Waals surface area contributed by atoms with Crippen LogP contribution in [0.3, 0.4) is 0 Å². The van der Waals surface area contributed by atoms with Gasteiger partial charge in [-0.05, 0) is 35.4 Å². The van der Waals surface area contributed by atoms with E-state index in [1.807, 2.05) is 24.3 Å². The maximum absolute atomic E-state index is 9.45. The Balaban J connectivity index is 1.94. The summed E-state index contributed by atoms with van der Waals surface area (Å²) in [5, 5.41) is 19.0. The molecule has 0 heterocycles. The predicted molar refractivity (Wildman–Crippen MR) is 74.3 cm³/mol. The Morgan fingerprint density at radius 2 is 1.63 bits per heavy atom. The molecule has 0 spiro atoms. The van der Waals surface area contributed by atoms with E-state index in [-0.39, 0.29) is 6.61 Å². The number of hydrogen-bond acceptors (Lipinski definition) is 3. The number of ether oxygens (including phenoxy) is 1. The summed E-state index contributed by atoms with van der Waals surface area (Å²) in [6.45, 7) is 0.171. The summed E-state index contributed by atoms with van der Waals surface area (Å²) < 4.78 is 5.61. The lowest BCUT2D eigenvalue weighted by atomic mass is 10.1. The van der Waals surface area contributed by atoms with Crippen LogP contribution < -0.4 is 4.74 Å². The van der Waals surface area contributed by atoms with E-state index in [1.165, 1.54) is 0 Å². The average Bonchev–Trinajstić information content (AvgIpc) is 2.46. The minimum Gasteiger partial charge on any atom is -0.489 e. The summed E-state index contributed by atoms with van der Waals surface area (Å²) in [5.41, 5.74) is 1.70. The molecule has 0 radical (unpaired) electrons. The van der Waals surface area contributed by atoms with Crippen LogP contribution in [0.5, 0.6) is 5.75 Å². The Labute approximate surface area is 117 Å². The van der Waals surface area contributed by atoms with Crippen molar-refractivity contribution in [3.63, 3.8) is 0 Å². The molecule has 0 aliphatic heterocycles. The molecule has 4 heteroatoms. The van der Waals surface area contributed by atoms with Crippen LogP contribution in [0.4, 0.5) is 0 Å². The van der Waals surface area contributed by atoms with Crippen LogP contribution in [0.25, 0.3) is 0 Å². The van der Waals surface area contributed by atoms with Gasteiger partial charge in [0.1, 0.15) is 18.5 Å². The second-order valence-electron chi connectivity index (χ2n) is 4.18. The number of aliphatic hydroxyl groups is 2. The number of rotatable bonds is 5. The van der Waals surface area contributed by atoms with Crippen molar-refractivity contribution in [3.05, 3.63) is 64.7 Å². The summed E-state index contributed by atoms with van der Waals surface area (Å²) >= 11 is 5.80. The quantitative estimate of drug-likeness (QED) is 0.884. The van der Waals surface area contributed by atoms with Crippen LogP contribution in [-0.2, 0) is 6.61 Å². The van der Waals surface area contributed by atoms with Gasteiger partial charge in [0, 0.05) is 5.02 Å². The summed E-state index contributed by atoms with van der Waals surface area (Å²) in [6.07, 6.45) is -0.842. The van der Waals surface area contributed by atoms with Crippen molar-refractivity contribution < 1.29 is 14.9 Å². The molecule has 0 aliphatic rings. The number of halogens is 1. The average molecular weight is 279 g/mol. The van der Waals surface area contributed by atoms with Crippen LogP contribution in [0.1, 0.15) is 17.2 Å². The minimum atomic E-state index is -0.842. The predicted octanol–water partition coefficient (Wildman–Crippen LogP) is 2.94. The smallest absolute Gasteiger partial charge is 0.119 e. The van der Waals surface area contributed by atoms with Gasteiger partial charge in [-0.2, -0.15) is 0 Å². The highest BCUT2D eigenvalue weighted by Crippen LogP contribution is 2.19. The van der Waals surface area contributed by atoms with E-state index in [4.69, 9.17) is 21.4 Å². The van der Waals surface area contributed by atoms with Gasteiger partial charge in [-0.25, -0.2) is 0 Å². The normalized spacial score (nSPS) is 12.2. The zero-order valence-corrected chi connectivity index (χ0v) is 11.0. The van der Waals surface area contributed by atoms with Gasteiger partial charge < -0.3 is 14.9 Å². The molecule has 0 saturated heterocycles. The zero-order chi connectivity index (χ0) is 13.7. The van der Waals surface area contributed by atoms with E-state index < -0.39 is 6.10 Å². The monoisotopic (exact) mass is 278 g/mol. The second-order valence-corrected chi connectivity index (χ2v) is 4.62. The van der Waals surface area contributed by atoms with Crippen molar-refractivity contribution in [2.45, 2.75) is 12.7 Å². The summed E-state index contributed by atoms with van der Waals surface area (Å²) in [7, 11) is 0. The van der Waals surface area contributed by atoms with Crippen LogP contribution in [0, 0.1) is 0 Å². The molecule has 0 aromatic heterocycles. The Morgan fingerprint density at radius 3 is 2.21 bits per heavy atom. The summed E-state index contributed by atoms with van der Waals surface area (Å²) in [4.78, 5) is 0. The lowest BCUT2D eigenvalue weighted by Crippen LogP contribution is -2.02. The molecule has 2 N–H and O–H groups in total. The van der Waals surface area contributed by atoms with Gasteiger partial charge in [-0.3, -0.25) is 0 Å². The van der Waals surface area contributed by atoms with Gasteiger partial charge in [0.15, 0.2) is 0 Å². The van der Waals surface area contributed by atoms with Crippen molar-refractivity contribution in [3.8, 4) is 5.75 Å². The molecular weight excluding hydrogens is 264 g/mol. The minimum absolute atomic E-state index is 0.287. The number of benzene rings is 2. The topological polar surface area (TPSA) is 49.7 Å². The highest BCUT2D eigenvalue weighted by atomic mass is 35.5. The second kappa shape index (κ2) is 6.57. The van der Waals surface area contributed by atoms with Crippen molar-refractivity contribution in [2.24, 2.45) is 0 Å². The first-order valence-corrected chi connectivity index (χ1v) is 6.33. The van der Waals surface area contributed by atoms with E-state index in [9.17, 15) is 5.11 Å². The molecule has 0 aliphatic carbocycles. The Hall–Kier alpha value is -1.55. The van der Waals surface area contributed by atoms with Crippen molar-refractivity contribution in [2.75, 3.05) is 6.61 Å². The van der Waals surface area contributed by atoms with Gasteiger partial charge in [-0.15, -0.1) is 0 Å². The molecule has 2 aromatic carbocycles. The van der Waals surface area contributed by atoms with Gasteiger partial charge in [-0.1, -0.05) is 35.9 Å². The molecule has 3 nitrogen and oxygen atoms in total. The SMILES string of the molecule is OCC(O)c1ccc(OCc2ccc(Cl)cc2)cc1. The third kappa shape index (κ3) is 3.96. The standard InChI is InChI=1S/C15H15ClO3/c16-13-5-1-11(2-6-13)10-19-14-7-3-12(4-8-14)15(18)9-17/h1-8,15,17-18H,9-10H2.